The Hall–Kier alpha value is -5.04. The molecule has 46 heavy (non-hydrogen) atoms. The highest BCUT2D eigenvalue weighted by molar-refractivity contribution is 7.07. The van der Waals surface area contributed by atoms with Gasteiger partial charge < -0.3 is 9.47 Å². The van der Waals surface area contributed by atoms with Crippen LogP contribution < -0.4 is 14.3 Å². The average molecular weight is 649 g/mol. The number of urea groups is 1. The number of carbonyl (C=O) groups excluding carboxylic acids is 1. The first kappa shape index (κ1) is 32.4. The van der Waals surface area contributed by atoms with Crippen LogP contribution in [0.4, 0.5) is 18.0 Å². The van der Waals surface area contributed by atoms with Crippen molar-refractivity contribution >= 4 is 23.6 Å². The zero-order valence-corrected chi connectivity index (χ0v) is 26.5. The van der Waals surface area contributed by atoms with Gasteiger partial charge in [0.1, 0.15) is 17.8 Å². The fourth-order valence-electron chi connectivity index (χ4n) is 4.72. The number of hydrogen-bond donors (Lipinski definition) is 0. The predicted octanol–water partition coefficient (Wildman–Crippen LogP) is 8.02. The third-order valence-corrected chi connectivity index (χ3v) is 8.04. The van der Waals surface area contributed by atoms with Crippen molar-refractivity contribution in [2.45, 2.75) is 45.9 Å². The van der Waals surface area contributed by atoms with E-state index in [9.17, 15) is 18.0 Å². The monoisotopic (exact) mass is 648 g/mol. The fraction of sp³-hybridized carbons (Fsp3) is 0.242. The second kappa shape index (κ2) is 13.5. The van der Waals surface area contributed by atoms with Gasteiger partial charge in [-0.15, -0.1) is 29.6 Å². The summed E-state index contributed by atoms with van der Waals surface area (Å²) >= 11 is 1.37. The van der Waals surface area contributed by atoms with Crippen LogP contribution in [0.25, 0.3) is 22.8 Å². The van der Waals surface area contributed by atoms with E-state index in [1.807, 2.05) is 66.3 Å². The van der Waals surface area contributed by atoms with Gasteiger partial charge in [0.05, 0.1) is 18.5 Å². The topological polar surface area (TPSA) is 95.9 Å². The van der Waals surface area contributed by atoms with Gasteiger partial charge in [0.2, 0.25) is 0 Å². The Kier molecular flexibility index (Phi) is 9.52. The molecule has 0 radical (unpaired) electrons. The lowest BCUT2D eigenvalue weighted by atomic mass is 10.0. The number of benzene rings is 3. The minimum atomic E-state index is -4.76. The van der Waals surface area contributed by atoms with Gasteiger partial charge in [-0.2, -0.15) is 4.99 Å². The van der Waals surface area contributed by atoms with Gasteiger partial charge >= 0.3 is 12.4 Å². The molecular formula is C33H31F3N6O3S. The number of methoxy groups -OCH3 is 1. The minimum absolute atomic E-state index is 0.178. The average Bonchev–Trinajstić information content (AvgIpc) is 3.66. The van der Waals surface area contributed by atoms with E-state index in [1.54, 1.807) is 13.3 Å². The third kappa shape index (κ3) is 7.60. The number of ether oxygens (including phenoxy) is 2. The number of aliphatic imine (C=N–C) groups is 1. The molecule has 1 unspecified atom stereocenters. The minimum Gasteiger partial charge on any atom is -0.497 e. The second-order valence-corrected chi connectivity index (χ2v) is 11.5. The number of hydrogen-bond acceptors (Lipinski definition) is 6. The summed E-state index contributed by atoms with van der Waals surface area (Å²) in [5.74, 6) is 0.927. The molecule has 238 valence electrons. The van der Waals surface area contributed by atoms with Crippen molar-refractivity contribution in [3.63, 3.8) is 0 Å². The molecule has 5 aromatic rings. The number of thiazole rings is 1. The fourth-order valence-corrected chi connectivity index (χ4v) is 5.58. The van der Waals surface area contributed by atoms with E-state index < -0.39 is 12.4 Å². The predicted molar refractivity (Wildman–Crippen MR) is 170 cm³/mol. The maximum absolute atomic E-state index is 12.8. The van der Waals surface area contributed by atoms with E-state index in [4.69, 9.17) is 4.74 Å². The number of carbonyl (C=O) groups is 1. The van der Waals surface area contributed by atoms with Crippen molar-refractivity contribution in [2.75, 3.05) is 7.11 Å². The molecule has 0 saturated heterocycles. The molecule has 0 saturated carbocycles. The number of rotatable bonds is 8. The number of aromatic nitrogens is 4. The molecule has 0 spiro atoms. The lowest BCUT2D eigenvalue weighted by Gasteiger charge is -2.16. The summed E-state index contributed by atoms with van der Waals surface area (Å²) in [6.07, 6.45) is -1.72. The van der Waals surface area contributed by atoms with Gasteiger partial charge in [-0.3, -0.25) is 4.57 Å². The normalized spacial score (nSPS) is 13.0. The molecule has 5 rings (SSSR count). The van der Waals surface area contributed by atoms with Crippen LogP contribution in [0.5, 0.6) is 11.5 Å². The smallest absolute Gasteiger partial charge is 0.497 e. The largest absolute Gasteiger partial charge is 0.573 e. The number of nitrogens with zero attached hydrogens (tertiary/aromatic N) is 6. The second-order valence-electron chi connectivity index (χ2n) is 10.7. The molecule has 3 aromatic carbocycles. The summed E-state index contributed by atoms with van der Waals surface area (Å²) < 4.78 is 50.0. The van der Waals surface area contributed by atoms with Crippen LogP contribution in [0.2, 0.25) is 0 Å². The van der Waals surface area contributed by atoms with Gasteiger partial charge in [0.15, 0.2) is 10.6 Å². The summed E-state index contributed by atoms with van der Waals surface area (Å²) in [5.41, 5.74) is 5.15. The van der Waals surface area contributed by atoms with Crippen molar-refractivity contribution in [3.8, 4) is 34.3 Å². The van der Waals surface area contributed by atoms with Crippen LogP contribution >= 0.6 is 11.3 Å². The molecule has 2 aromatic heterocycles. The van der Waals surface area contributed by atoms with E-state index >= 15 is 0 Å². The van der Waals surface area contributed by atoms with Crippen LogP contribution in [-0.2, 0) is 0 Å². The molecule has 0 N–H and O–H groups in total. The van der Waals surface area contributed by atoms with E-state index in [2.05, 4.69) is 38.7 Å². The van der Waals surface area contributed by atoms with E-state index in [-0.39, 0.29) is 17.6 Å². The molecular weight excluding hydrogens is 617 g/mol. The Labute approximate surface area is 267 Å². The molecule has 2 amide bonds. The van der Waals surface area contributed by atoms with Crippen molar-refractivity contribution in [1.29, 1.82) is 0 Å². The summed E-state index contributed by atoms with van der Waals surface area (Å²) in [6.45, 7) is 8.10. The van der Waals surface area contributed by atoms with Gasteiger partial charge in [-0.1, -0.05) is 45.0 Å². The summed E-state index contributed by atoms with van der Waals surface area (Å²) in [7, 11) is 1.63. The SMILES string of the molecule is COc1ccc(-n2c(C)csc2=NC(=O)N=CC(C)c2ccc(-c3ncn(-c4ccc(OC(F)(F)F)cc4)n3)cc2)c(C(C)C)c1. The first-order chi connectivity index (χ1) is 21.9. The Bertz CT molecular complexity index is 1920. The number of amides is 2. The molecule has 1 atom stereocenters. The number of aryl methyl sites for hydroxylation is 1. The summed E-state index contributed by atoms with van der Waals surface area (Å²) in [6, 6.07) is 18.1. The van der Waals surface area contributed by atoms with Gasteiger partial charge in [0, 0.05) is 28.8 Å². The first-order valence-corrected chi connectivity index (χ1v) is 15.2. The zero-order valence-electron chi connectivity index (χ0n) is 25.7. The summed E-state index contributed by atoms with van der Waals surface area (Å²) in [4.78, 5) is 26.1. The van der Waals surface area contributed by atoms with Crippen molar-refractivity contribution in [3.05, 3.63) is 100 Å². The molecule has 9 nitrogen and oxygen atoms in total. The van der Waals surface area contributed by atoms with Crippen LogP contribution in [0.1, 0.15) is 49.4 Å². The maximum Gasteiger partial charge on any atom is 0.573 e. The molecule has 0 bridgehead atoms. The molecule has 0 aliphatic heterocycles. The van der Waals surface area contributed by atoms with Crippen LogP contribution in [0.15, 0.2) is 88.4 Å². The summed E-state index contributed by atoms with van der Waals surface area (Å²) in [5, 5.41) is 6.39. The van der Waals surface area contributed by atoms with E-state index in [0.29, 0.717) is 16.3 Å². The first-order valence-electron chi connectivity index (χ1n) is 14.3. The standard InChI is InChI=1S/C33H31F3N6O3S/c1-20(2)28-16-27(44-5)14-15-29(28)42-22(4)18-46-32(42)39-31(43)37-17-21(3)23-6-8-24(9-7-23)30-38-19-41(40-30)25-10-12-26(13-11-25)45-33(34,35)36/h6-21H,1-5H3. The van der Waals surface area contributed by atoms with Gasteiger partial charge in [0.25, 0.3) is 0 Å². The number of halogens is 3. The maximum atomic E-state index is 12.8. The quantitative estimate of drug-likeness (QED) is 0.159. The highest BCUT2D eigenvalue weighted by atomic mass is 32.1. The third-order valence-electron chi connectivity index (χ3n) is 7.10. The van der Waals surface area contributed by atoms with Gasteiger partial charge in [-0.25, -0.2) is 19.5 Å². The number of alkyl halides is 3. The van der Waals surface area contributed by atoms with Gasteiger partial charge in [-0.05, 0) is 66.4 Å². The molecule has 13 heteroatoms. The van der Waals surface area contributed by atoms with E-state index in [1.165, 1.54) is 46.6 Å². The molecule has 0 aliphatic rings. The zero-order chi connectivity index (χ0) is 33.0. The van der Waals surface area contributed by atoms with Crippen LogP contribution in [-0.4, -0.2) is 45.0 Å². The molecule has 2 heterocycles. The van der Waals surface area contributed by atoms with Crippen molar-refractivity contribution in [2.24, 2.45) is 9.98 Å². The van der Waals surface area contributed by atoms with E-state index in [0.717, 1.165) is 33.8 Å². The van der Waals surface area contributed by atoms with Crippen LogP contribution in [0.3, 0.4) is 0 Å². The Morgan fingerprint density at radius 3 is 2.35 bits per heavy atom. The Morgan fingerprint density at radius 2 is 1.70 bits per heavy atom. The Morgan fingerprint density at radius 1 is 1.00 bits per heavy atom. The molecule has 0 aliphatic carbocycles. The van der Waals surface area contributed by atoms with Crippen molar-refractivity contribution in [1.82, 2.24) is 19.3 Å². The lowest BCUT2D eigenvalue weighted by molar-refractivity contribution is -0.274. The lowest BCUT2D eigenvalue weighted by Crippen LogP contribution is -2.17. The van der Waals surface area contributed by atoms with Crippen LogP contribution in [0, 0.1) is 6.92 Å². The highest BCUT2D eigenvalue weighted by Crippen LogP contribution is 2.28. The Balaban J connectivity index is 1.28. The molecule has 0 fully saturated rings. The van der Waals surface area contributed by atoms with Crippen molar-refractivity contribution < 1.29 is 27.4 Å². The highest BCUT2D eigenvalue weighted by Gasteiger charge is 2.31.